The summed E-state index contributed by atoms with van der Waals surface area (Å²) in [5.74, 6) is -1.96. The maximum absolute atomic E-state index is 13.4. The van der Waals surface area contributed by atoms with Crippen molar-refractivity contribution < 1.29 is 22.4 Å². The Bertz CT molecular complexity index is 1060. The molecule has 0 saturated carbocycles. The fourth-order valence-electron chi connectivity index (χ4n) is 3.90. The summed E-state index contributed by atoms with van der Waals surface area (Å²) in [4.78, 5) is 24.2. The van der Waals surface area contributed by atoms with E-state index in [1.165, 1.54) is 16.4 Å². The Morgan fingerprint density at radius 2 is 1.78 bits per heavy atom. The molecule has 3 rings (SSSR count). The van der Waals surface area contributed by atoms with E-state index in [1.54, 1.807) is 6.92 Å². The highest BCUT2D eigenvalue weighted by Crippen LogP contribution is 2.28. The molecule has 0 bridgehead atoms. The van der Waals surface area contributed by atoms with Gasteiger partial charge in [-0.2, -0.15) is 4.31 Å². The molecule has 2 aromatic carbocycles. The highest BCUT2D eigenvalue weighted by atomic mass is 32.2. The van der Waals surface area contributed by atoms with Crippen LogP contribution in [-0.4, -0.2) is 43.7 Å². The highest BCUT2D eigenvalue weighted by molar-refractivity contribution is 7.89. The number of nitrogens with one attached hydrogen (secondary N) is 2. The molecule has 0 aliphatic carbocycles. The first-order valence-electron chi connectivity index (χ1n) is 10.7. The van der Waals surface area contributed by atoms with Gasteiger partial charge in [-0.1, -0.05) is 36.8 Å². The summed E-state index contributed by atoms with van der Waals surface area (Å²) in [6.45, 7) is 2.37. The van der Waals surface area contributed by atoms with Gasteiger partial charge in [0.05, 0.1) is 4.90 Å². The lowest BCUT2D eigenvalue weighted by atomic mass is 10.0. The Labute approximate surface area is 188 Å². The number of piperidine rings is 1. The second-order valence-corrected chi connectivity index (χ2v) is 9.75. The van der Waals surface area contributed by atoms with Crippen LogP contribution >= 0.6 is 0 Å². The lowest BCUT2D eigenvalue weighted by molar-refractivity contribution is -0.139. The predicted molar refractivity (Wildman–Crippen MR) is 119 cm³/mol. The lowest BCUT2D eigenvalue weighted by Gasteiger charge is -2.35. The Morgan fingerprint density at radius 3 is 2.50 bits per heavy atom. The van der Waals surface area contributed by atoms with Gasteiger partial charge < -0.3 is 10.6 Å². The molecule has 32 heavy (non-hydrogen) atoms. The second-order valence-electron chi connectivity index (χ2n) is 7.89. The highest BCUT2D eigenvalue weighted by Gasteiger charge is 2.34. The molecule has 1 heterocycles. The monoisotopic (exact) mass is 461 g/mol. The molecule has 0 aromatic heterocycles. The number of carbonyl (C=O) groups excluding carboxylic acids is 2. The Balaban J connectivity index is 1.56. The van der Waals surface area contributed by atoms with E-state index < -0.39 is 27.7 Å². The summed E-state index contributed by atoms with van der Waals surface area (Å²) in [6, 6.07) is 12.6. The number of aryl methyl sites for hydroxylation is 1. The number of hydrogen-bond donors (Lipinski definition) is 2. The maximum atomic E-state index is 13.4. The SMILES string of the molecule is Cc1cc(F)ccc1S(=O)(=O)N1CCCCC1CCNC(=O)C(=O)NCc1ccccc1. The third-order valence-electron chi connectivity index (χ3n) is 5.56. The number of benzene rings is 2. The summed E-state index contributed by atoms with van der Waals surface area (Å²) >= 11 is 0. The second kappa shape index (κ2) is 10.7. The molecule has 1 aliphatic heterocycles. The molecule has 0 spiro atoms. The van der Waals surface area contributed by atoms with Crippen LogP contribution in [0.4, 0.5) is 4.39 Å². The molecule has 2 aromatic rings. The van der Waals surface area contributed by atoms with Crippen LogP contribution in [-0.2, 0) is 26.2 Å². The molecule has 1 saturated heterocycles. The smallest absolute Gasteiger partial charge is 0.309 e. The third-order valence-corrected chi connectivity index (χ3v) is 7.67. The van der Waals surface area contributed by atoms with Gasteiger partial charge in [-0.3, -0.25) is 9.59 Å². The van der Waals surface area contributed by atoms with Crippen LogP contribution in [0.15, 0.2) is 53.4 Å². The van der Waals surface area contributed by atoms with Gasteiger partial charge >= 0.3 is 11.8 Å². The van der Waals surface area contributed by atoms with Crippen molar-refractivity contribution in [2.75, 3.05) is 13.1 Å². The topological polar surface area (TPSA) is 95.6 Å². The van der Waals surface area contributed by atoms with Crippen molar-refractivity contribution in [1.29, 1.82) is 0 Å². The average molecular weight is 462 g/mol. The molecular formula is C23H28FN3O4S. The number of carbonyl (C=O) groups is 2. The quantitative estimate of drug-likeness (QED) is 0.620. The van der Waals surface area contributed by atoms with Crippen molar-refractivity contribution in [3.63, 3.8) is 0 Å². The van der Waals surface area contributed by atoms with E-state index in [1.807, 2.05) is 30.3 Å². The van der Waals surface area contributed by atoms with Gasteiger partial charge in [0.15, 0.2) is 0 Å². The molecule has 172 valence electrons. The van der Waals surface area contributed by atoms with Crippen LogP contribution in [0.25, 0.3) is 0 Å². The Kier molecular flexibility index (Phi) is 7.98. The van der Waals surface area contributed by atoms with Crippen LogP contribution in [0.2, 0.25) is 0 Å². The minimum Gasteiger partial charge on any atom is -0.348 e. The number of nitrogens with zero attached hydrogens (tertiary/aromatic N) is 1. The fraction of sp³-hybridized carbons (Fsp3) is 0.391. The Morgan fingerprint density at radius 1 is 1.06 bits per heavy atom. The fourth-order valence-corrected chi connectivity index (χ4v) is 5.83. The Hall–Kier alpha value is -2.78. The number of hydrogen-bond acceptors (Lipinski definition) is 4. The van der Waals surface area contributed by atoms with Crippen molar-refractivity contribution in [1.82, 2.24) is 14.9 Å². The van der Waals surface area contributed by atoms with E-state index in [-0.39, 0.29) is 24.0 Å². The van der Waals surface area contributed by atoms with E-state index in [0.29, 0.717) is 24.9 Å². The van der Waals surface area contributed by atoms with Crippen LogP contribution in [0.3, 0.4) is 0 Å². The molecular weight excluding hydrogens is 433 g/mol. The zero-order chi connectivity index (χ0) is 23.1. The zero-order valence-corrected chi connectivity index (χ0v) is 18.8. The molecule has 2 N–H and O–H groups in total. The van der Waals surface area contributed by atoms with Crippen molar-refractivity contribution in [2.45, 2.75) is 50.1 Å². The zero-order valence-electron chi connectivity index (χ0n) is 18.0. The summed E-state index contributed by atoms with van der Waals surface area (Å²) in [5, 5.41) is 5.14. The molecule has 1 aliphatic rings. The summed E-state index contributed by atoms with van der Waals surface area (Å²) < 4.78 is 41.3. The van der Waals surface area contributed by atoms with Crippen molar-refractivity contribution in [3.8, 4) is 0 Å². The lowest BCUT2D eigenvalue weighted by Crippen LogP contribution is -2.46. The minimum absolute atomic E-state index is 0.0927. The summed E-state index contributed by atoms with van der Waals surface area (Å²) in [7, 11) is -3.79. The van der Waals surface area contributed by atoms with Crippen LogP contribution in [0.5, 0.6) is 0 Å². The van der Waals surface area contributed by atoms with Crippen LogP contribution in [0, 0.1) is 12.7 Å². The van der Waals surface area contributed by atoms with E-state index >= 15 is 0 Å². The number of sulfonamides is 1. The average Bonchev–Trinajstić information content (AvgIpc) is 2.78. The molecule has 1 unspecified atom stereocenters. The molecule has 2 amide bonds. The van der Waals surface area contributed by atoms with E-state index in [2.05, 4.69) is 10.6 Å². The standard InChI is InChI=1S/C23H28FN3O4S/c1-17-15-19(24)10-11-21(17)32(30,31)27-14-6-5-9-20(27)12-13-25-22(28)23(29)26-16-18-7-3-2-4-8-18/h2-4,7-8,10-11,15,20H,5-6,9,12-14,16H2,1H3,(H,25,28)(H,26,29). The predicted octanol–water partition coefficient (Wildman–Crippen LogP) is 2.50. The molecule has 0 radical (unpaired) electrons. The van der Waals surface area contributed by atoms with Crippen molar-refractivity contribution >= 4 is 21.8 Å². The van der Waals surface area contributed by atoms with Crippen molar-refractivity contribution in [3.05, 3.63) is 65.5 Å². The van der Waals surface area contributed by atoms with Gasteiger partial charge in [0, 0.05) is 25.7 Å². The van der Waals surface area contributed by atoms with Gasteiger partial charge in [-0.15, -0.1) is 0 Å². The van der Waals surface area contributed by atoms with Gasteiger partial charge in [0.2, 0.25) is 10.0 Å². The van der Waals surface area contributed by atoms with Gasteiger partial charge in [-0.25, -0.2) is 12.8 Å². The van der Waals surface area contributed by atoms with E-state index in [0.717, 1.165) is 24.5 Å². The first-order valence-corrected chi connectivity index (χ1v) is 12.1. The van der Waals surface area contributed by atoms with Gasteiger partial charge in [0.1, 0.15) is 5.82 Å². The number of amides is 2. The maximum Gasteiger partial charge on any atom is 0.309 e. The molecule has 9 heteroatoms. The molecule has 7 nitrogen and oxygen atoms in total. The number of rotatable bonds is 7. The third kappa shape index (κ3) is 5.92. The van der Waals surface area contributed by atoms with Gasteiger partial charge in [0.25, 0.3) is 0 Å². The first-order chi connectivity index (χ1) is 15.3. The minimum atomic E-state index is -3.79. The molecule has 1 atom stereocenters. The summed E-state index contributed by atoms with van der Waals surface area (Å²) in [6.07, 6.45) is 2.67. The largest absolute Gasteiger partial charge is 0.348 e. The van der Waals surface area contributed by atoms with Crippen molar-refractivity contribution in [2.24, 2.45) is 0 Å². The van der Waals surface area contributed by atoms with E-state index in [4.69, 9.17) is 0 Å². The van der Waals surface area contributed by atoms with E-state index in [9.17, 15) is 22.4 Å². The molecule has 1 fully saturated rings. The normalized spacial score (nSPS) is 17.0. The van der Waals surface area contributed by atoms with Crippen LogP contribution < -0.4 is 10.6 Å². The van der Waals surface area contributed by atoms with Crippen LogP contribution in [0.1, 0.15) is 36.8 Å². The first kappa shape index (κ1) is 23.9. The number of halogens is 1. The summed E-state index contributed by atoms with van der Waals surface area (Å²) in [5.41, 5.74) is 1.24. The van der Waals surface area contributed by atoms with Gasteiger partial charge in [-0.05, 0) is 55.5 Å².